The average molecular weight is 701 g/mol. The van der Waals surface area contributed by atoms with Crippen LogP contribution in [0.2, 0.25) is 5.15 Å². The molecule has 1 aromatic heterocycles. The zero-order valence-electron chi connectivity index (χ0n) is 28.9. The summed E-state index contributed by atoms with van der Waals surface area (Å²) in [4.78, 5) is 39.6. The molecule has 266 valence electrons. The summed E-state index contributed by atoms with van der Waals surface area (Å²) in [6, 6.07) is 19.7. The molecule has 0 aliphatic carbocycles. The lowest BCUT2D eigenvalue weighted by molar-refractivity contribution is -0.117. The zero-order valence-corrected chi connectivity index (χ0v) is 29.7. The molecule has 1 unspecified atom stereocenters. The Labute approximate surface area is 299 Å². The van der Waals surface area contributed by atoms with Gasteiger partial charge in [0.1, 0.15) is 0 Å². The van der Waals surface area contributed by atoms with Crippen LogP contribution in [0.1, 0.15) is 65.7 Å². The van der Waals surface area contributed by atoms with Gasteiger partial charge in [-0.05, 0) is 105 Å². The number of nitrogens with zero attached hydrogens (tertiary/aromatic N) is 4. The summed E-state index contributed by atoms with van der Waals surface area (Å²) in [7, 11) is 4.22. The van der Waals surface area contributed by atoms with Crippen molar-refractivity contribution in [3.63, 3.8) is 0 Å². The van der Waals surface area contributed by atoms with E-state index in [0.717, 1.165) is 60.7 Å². The zero-order chi connectivity index (χ0) is 36.0. The highest BCUT2D eigenvalue weighted by atomic mass is 35.5. The van der Waals surface area contributed by atoms with Crippen molar-refractivity contribution in [2.75, 3.05) is 44.0 Å². The van der Waals surface area contributed by atoms with Gasteiger partial charge in [0.05, 0.1) is 6.04 Å². The molecule has 0 saturated heterocycles. The number of hydrogen-bond acceptors (Lipinski definition) is 9. The minimum absolute atomic E-state index is 0.0616. The summed E-state index contributed by atoms with van der Waals surface area (Å²) < 4.78 is 0. The summed E-state index contributed by atoms with van der Waals surface area (Å²) in [5.41, 5.74) is 27.6. The van der Waals surface area contributed by atoms with Crippen LogP contribution in [0.3, 0.4) is 0 Å². The molecular weight excluding hydrogens is 652 g/mol. The molecule has 4 aromatic rings. The Kier molecular flexibility index (Phi) is 14.3. The van der Waals surface area contributed by atoms with Crippen molar-refractivity contribution in [3.8, 4) is 0 Å². The highest BCUT2D eigenvalue weighted by molar-refractivity contribution is 6.31. The first-order chi connectivity index (χ1) is 24.0. The maximum atomic E-state index is 13.0. The Morgan fingerprint density at radius 2 is 1.50 bits per heavy atom. The van der Waals surface area contributed by atoms with Crippen LogP contribution in [0.4, 0.5) is 17.3 Å². The van der Waals surface area contributed by atoms with Crippen molar-refractivity contribution in [2.24, 2.45) is 16.5 Å². The molecule has 1 heterocycles. The molecule has 0 fully saturated rings. The fourth-order valence-corrected chi connectivity index (χ4v) is 5.83. The molecule has 50 heavy (non-hydrogen) atoms. The Bertz CT molecular complexity index is 1780. The van der Waals surface area contributed by atoms with Crippen molar-refractivity contribution in [2.45, 2.75) is 63.8 Å². The molecule has 0 aliphatic heterocycles. The summed E-state index contributed by atoms with van der Waals surface area (Å²) in [5.74, 6) is -1.18. The van der Waals surface area contributed by atoms with Crippen LogP contribution in [-0.4, -0.2) is 65.9 Å². The molecule has 1 atom stereocenters. The molecule has 0 radical (unpaired) electrons. The Balaban J connectivity index is 1.24. The van der Waals surface area contributed by atoms with Gasteiger partial charge in [-0.25, -0.2) is 9.97 Å². The van der Waals surface area contributed by atoms with Gasteiger partial charge in [0, 0.05) is 12.2 Å². The smallest absolute Gasteiger partial charge is 0.280 e. The third-order valence-corrected chi connectivity index (χ3v) is 8.70. The van der Waals surface area contributed by atoms with Gasteiger partial charge in [0.25, 0.3) is 5.91 Å². The van der Waals surface area contributed by atoms with Crippen molar-refractivity contribution in [3.05, 3.63) is 88.2 Å². The topological polar surface area (TPSA) is 204 Å². The number of aryl methyl sites for hydroxylation is 2. The molecule has 0 bridgehead atoms. The van der Waals surface area contributed by atoms with Crippen molar-refractivity contribution >= 4 is 57.5 Å². The van der Waals surface area contributed by atoms with Crippen LogP contribution in [0.25, 0.3) is 10.8 Å². The van der Waals surface area contributed by atoms with Crippen molar-refractivity contribution in [1.82, 2.24) is 20.2 Å². The van der Waals surface area contributed by atoms with Crippen molar-refractivity contribution < 1.29 is 9.59 Å². The van der Waals surface area contributed by atoms with E-state index >= 15 is 0 Å². The van der Waals surface area contributed by atoms with Crippen LogP contribution in [0, 0.1) is 0 Å². The van der Waals surface area contributed by atoms with E-state index in [-0.39, 0.29) is 34.3 Å². The largest absolute Gasteiger partial charge is 0.382 e. The first-order valence-corrected chi connectivity index (χ1v) is 17.4. The molecule has 4 rings (SSSR count). The van der Waals surface area contributed by atoms with Gasteiger partial charge < -0.3 is 33.2 Å². The second-order valence-electron chi connectivity index (χ2n) is 12.7. The van der Waals surface area contributed by atoms with E-state index in [1.54, 1.807) is 0 Å². The molecule has 13 heteroatoms. The van der Waals surface area contributed by atoms with Crippen LogP contribution in [-0.2, 0) is 24.1 Å². The molecule has 0 saturated carbocycles. The van der Waals surface area contributed by atoms with E-state index in [1.807, 2.05) is 24.3 Å². The highest BCUT2D eigenvalue weighted by Crippen LogP contribution is 2.26. The number of amides is 2. The number of fused-ring (bicyclic) bond motifs is 1. The van der Waals surface area contributed by atoms with Crippen LogP contribution in [0.5, 0.6) is 0 Å². The second kappa shape index (κ2) is 18.8. The first-order valence-electron chi connectivity index (χ1n) is 17.0. The first kappa shape index (κ1) is 38.0. The SMILES string of the molecule is CN(C)CCCCCCc1ccc(NC(=O)C(N)Cc2ccc(CCCCN=C(N)NC(=O)c3nc(Cl)c(N)nc3N)c3ccccc23)cc1. The van der Waals surface area contributed by atoms with Gasteiger partial charge in [-0.2, -0.15) is 0 Å². The fraction of sp³-hybridized carbons (Fsp3) is 0.378. The molecule has 2 amide bonds. The molecule has 0 spiro atoms. The van der Waals surface area contributed by atoms with E-state index in [2.05, 4.69) is 81.0 Å². The van der Waals surface area contributed by atoms with Crippen LogP contribution in [0.15, 0.2) is 65.7 Å². The number of benzene rings is 3. The quantitative estimate of drug-likeness (QED) is 0.0513. The highest BCUT2D eigenvalue weighted by Gasteiger charge is 2.18. The number of aliphatic imine (C=N–C) groups is 1. The van der Waals surface area contributed by atoms with E-state index in [9.17, 15) is 9.59 Å². The standard InChI is InChI=1S/C37H49ClN10O2/c1-48(2)22-10-4-3-5-11-24-15-19-27(20-16-24)44-35(49)30(39)23-26-18-17-25(28-13-6-7-14-29(26)28)12-8-9-21-43-37(42)47-36(50)31-33(40)46-34(41)32(38)45-31/h6-7,13-20,30H,3-5,8-12,21-23,39H2,1-2H3,(H,44,49)(H4,40,41,46)(H3,42,43,47,50). The number of halogens is 1. The Morgan fingerprint density at radius 3 is 2.22 bits per heavy atom. The molecular formula is C37H49ClN10O2. The Morgan fingerprint density at radius 1 is 0.840 bits per heavy atom. The predicted octanol–water partition coefficient (Wildman–Crippen LogP) is 4.69. The lowest BCUT2D eigenvalue weighted by Gasteiger charge is -2.16. The van der Waals surface area contributed by atoms with Gasteiger partial charge in [0.2, 0.25) is 5.91 Å². The minimum Gasteiger partial charge on any atom is -0.382 e. The van der Waals surface area contributed by atoms with E-state index < -0.39 is 11.9 Å². The maximum Gasteiger partial charge on any atom is 0.280 e. The number of hydrogen-bond donors (Lipinski definition) is 6. The number of nitrogens with two attached hydrogens (primary N) is 4. The minimum atomic E-state index is -0.699. The van der Waals surface area contributed by atoms with Crippen molar-refractivity contribution in [1.29, 1.82) is 0 Å². The van der Waals surface area contributed by atoms with Crippen LogP contribution >= 0.6 is 11.6 Å². The van der Waals surface area contributed by atoms with Gasteiger partial charge in [-0.3, -0.25) is 19.9 Å². The summed E-state index contributed by atoms with van der Waals surface area (Å²) >= 11 is 5.85. The van der Waals surface area contributed by atoms with Gasteiger partial charge >= 0.3 is 0 Å². The van der Waals surface area contributed by atoms with Crippen LogP contribution < -0.4 is 33.6 Å². The number of anilines is 3. The number of nitrogens with one attached hydrogen (secondary N) is 2. The number of carbonyl (C=O) groups is 2. The maximum absolute atomic E-state index is 13.0. The molecule has 10 N–H and O–H groups in total. The van der Waals surface area contributed by atoms with Gasteiger partial charge in [-0.15, -0.1) is 0 Å². The molecule has 12 nitrogen and oxygen atoms in total. The number of unbranched alkanes of at least 4 members (excludes halogenated alkanes) is 4. The third kappa shape index (κ3) is 11.4. The molecule has 0 aliphatic rings. The fourth-order valence-electron chi connectivity index (χ4n) is 5.70. The number of carbonyl (C=O) groups excluding carboxylic acids is 2. The summed E-state index contributed by atoms with van der Waals surface area (Å²) in [6.45, 7) is 1.55. The normalized spacial score (nSPS) is 12.3. The summed E-state index contributed by atoms with van der Waals surface area (Å²) in [5, 5.41) is 7.50. The van der Waals surface area contributed by atoms with E-state index in [4.69, 9.17) is 34.5 Å². The number of aromatic nitrogens is 2. The average Bonchev–Trinajstić information content (AvgIpc) is 3.09. The number of nitrogen functional groups attached to an aromatic ring is 2. The summed E-state index contributed by atoms with van der Waals surface area (Å²) in [6.07, 6.45) is 8.72. The number of rotatable bonds is 17. The molecule has 3 aromatic carbocycles. The monoisotopic (exact) mass is 700 g/mol. The van der Waals surface area contributed by atoms with Gasteiger partial charge in [0.15, 0.2) is 28.4 Å². The number of guanidine groups is 1. The second-order valence-corrected chi connectivity index (χ2v) is 13.1. The lowest BCUT2D eigenvalue weighted by Crippen LogP contribution is -2.38. The Hall–Kier alpha value is -4.78. The van der Waals surface area contributed by atoms with E-state index in [1.165, 1.54) is 30.4 Å². The third-order valence-electron chi connectivity index (χ3n) is 8.42. The van der Waals surface area contributed by atoms with E-state index in [0.29, 0.717) is 13.0 Å². The predicted molar refractivity (Wildman–Crippen MR) is 204 cm³/mol. The lowest BCUT2D eigenvalue weighted by atomic mass is 9.93. The van der Waals surface area contributed by atoms with Gasteiger partial charge in [-0.1, -0.05) is 73.0 Å².